The Morgan fingerprint density at radius 2 is 1.89 bits per heavy atom. The molecule has 3 atom stereocenters. The molecule has 9 heteroatoms. The van der Waals surface area contributed by atoms with Crippen LogP contribution in [0.4, 0.5) is 13.2 Å². The second kappa shape index (κ2) is 11.4. The number of rotatable bonds is 11. The van der Waals surface area contributed by atoms with Crippen molar-refractivity contribution in [2.45, 2.75) is 62.8 Å². The van der Waals surface area contributed by atoms with Gasteiger partial charge in [0.05, 0.1) is 0 Å². The number of hydrogen-bond donors (Lipinski definition) is 1. The molecule has 6 nitrogen and oxygen atoms in total. The molecule has 0 unspecified atom stereocenters. The lowest BCUT2D eigenvalue weighted by Crippen LogP contribution is -2.42. The Morgan fingerprint density at radius 1 is 1.13 bits per heavy atom. The van der Waals surface area contributed by atoms with Crippen molar-refractivity contribution in [3.05, 3.63) is 53.6 Å². The minimum absolute atomic E-state index is 0.0709. The normalized spacial score (nSPS) is 24.6. The van der Waals surface area contributed by atoms with Crippen molar-refractivity contribution in [2.75, 3.05) is 32.7 Å². The highest BCUT2D eigenvalue weighted by atomic mass is 19.3. The molecule has 1 N–H and O–H groups in total. The van der Waals surface area contributed by atoms with Crippen LogP contribution in [0.1, 0.15) is 62.1 Å². The highest BCUT2D eigenvalue weighted by Gasteiger charge is 2.42. The Morgan fingerprint density at radius 3 is 2.53 bits per heavy atom. The summed E-state index contributed by atoms with van der Waals surface area (Å²) >= 11 is 0. The fourth-order valence-corrected chi connectivity index (χ4v) is 6.45. The maximum atomic E-state index is 14.6. The molecule has 208 valence electrons. The number of aliphatic carboxylic acids is 1. The van der Waals surface area contributed by atoms with Gasteiger partial charge in [-0.15, -0.1) is 0 Å². The molecule has 3 heterocycles. The minimum Gasteiger partial charge on any atom is -0.480 e. The van der Waals surface area contributed by atoms with Crippen LogP contribution < -0.4 is 0 Å². The van der Waals surface area contributed by atoms with Crippen molar-refractivity contribution in [1.29, 1.82) is 0 Å². The van der Waals surface area contributed by atoms with Crippen molar-refractivity contribution in [3.8, 4) is 0 Å². The van der Waals surface area contributed by atoms with E-state index in [0.717, 1.165) is 50.9 Å². The molecule has 1 aromatic carbocycles. The minimum atomic E-state index is -2.91. The van der Waals surface area contributed by atoms with Crippen LogP contribution in [0, 0.1) is 23.6 Å². The van der Waals surface area contributed by atoms with Gasteiger partial charge >= 0.3 is 5.97 Å². The number of piperidine rings is 1. The second-order valence-electron chi connectivity index (χ2n) is 11.8. The summed E-state index contributed by atoms with van der Waals surface area (Å²) in [6.45, 7) is 3.80. The number of nitrogens with zero attached hydrogens (tertiary/aromatic N) is 4. The van der Waals surface area contributed by atoms with Crippen LogP contribution in [-0.4, -0.2) is 69.4 Å². The zero-order valence-corrected chi connectivity index (χ0v) is 22.1. The fraction of sp³-hybridized carbons (Fsp3) is 0.655. The van der Waals surface area contributed by atoms with E-state index in [2.05, 4.69) is 14.9 Å². The number of halogens is 3. The van der Waals surface area contributed by atoms with Crippen LogP contribution in [-0.2, 0) is 17.8 Å². The van der Waals surface area contributed by atoms with Gasteiger partial charge in [0, 0.05) is 45.2 Å². The molecule has 1 aliphatic carbocycles. The van der Waals surface area contributed by atoms with Crippen LogP contribution in [0.2, 0.25) is 0 Å². The van der Waals surface area contributed by atoms with E-state index < -0.39 is 17.9 Å². The Bertz CT molecular complexity index is 1100. The van der Waals surface area contributed by atoms with E-state index in [1.54, 1.807) is 25.4 Å². The molecular formula is C29H39F3N4O2. The number of carboxylic acids is 1. The molecule has 38 heavy (non-hydrogen) atoms. The first-order valence-corrected chi connectivity index (χ1v) is 14.0. The van der Waals surface area contributed by atoms with Crippen molar-refractivity contribution in [2.24, 2.45) is 24.8 Å². The molecule has 2 aromatic rings. The lowest BCUT2D eigenvalue weighted by molar-refractivity contribution is -0.143. The predicted molar refractivity (Wildman–Crippen MR) is 138 cm³/mol. The van der Waals surface area contributed by atoms with Crippen molar-refractivity contribution >= 4 is 5.97 Å². The van der Waals surface area contributed by atoms with Gasteiger partial charge in [-0.1, -0.05) is 25.0 Å². The third-order valence-electron chi connectivity index (χ3n) is 8.88. The third-order valence-corrected chi connectivity index (χ3v) is 8.88. The summed E-state index contributed by atoms with van der Waals surface area (Å²) in [5, 5.41) is 13.9. The van der Waals surface area contributed by atoms with Gasteiger partial charge in [-0.25, -0.2) is 4.39 Å². The van der Waals surface area contributed by atoms with Gasteiger partial charge in [0.25, 0.3) is 5.92 Å². The lowest BCUT2D eigenvalue weighted by Gasteiger charge is -2.35. The van der Waals surface area contributed by atoms with E-state index in [1.165, 1.54) is 16.8 Å². The molecule has 2 saturated heterocycles. The number of alkyl halides is 2. The van der Waals surface area contributed by atoms with Crippen LogP contribution in [0.15, 0.2) is 36.5 Å². The smallest absolute Gasteiger partial charge is 0.320 e. The largest absolute Gasteiger partial charge is 0.480 e. The van der Waals surface area contributed by atoms with Crippen molar-refractivity contribution < 1.29 is 23.1 Å². The van der Waals surface area contributed by atoms with E-state index in [1.807, 2.05) is 6.07 Å². The molecule has 3 aliphatic rings. The van der Waals surface area contributed by atoms with Gasteiger partial charge in [-0.3, -0.25) is 14.4 Å². The predicted octanol–water partition coefficient (Wildman–Crippen LogP) is 5.11. The molecule has 1 aromatic heterocycles. The summed E-state index contributed by atoms with van der Waals surface area (Å²) in [7, 11) is 1.65. The van der Waals surface area contributed by atoms with Gasteiger partial charge in [0.15, 0.2) is 0 Å². The van der Waals surface area contributed by atoms with Gasteiger partial charge < -0.3 is 10.0 Å². The third kappa shape index (κ3) is 6.60. The van der Waals surface area contributed by atoms with Crippen LogP contribution in [0.3, 0.4) is 0 Å². The number of carboxylic acid groups (broad SMARTS) is 1. The molecule has 0 spiro atoms. The zero-order valence-electron chi connectivity index (χ0n) is 22.1. The highest BCUT2D eigenvalue weighted by molar-refractivity contribution is 5.73. The molecule has 0 bridgehead atoms. The van der Waals surface area contributed by atoms with Crippen molar-refractivity contribution in [3.63, 3.8) is 0 Å². The van der Waals surface area contributed by atoms with Crippen LogP contribution >= 0.6 is 0 Å². The maximum Gasteiger partial charge on any atom is 0.320 e. The molecule has 0 radical (unpaired) electrons. The SMILES string of the molecule is Cn1ccc(C(F)(F)CCC2CCN(C[C@H]3CN([C@H](CC4CC4)C(=O)O)C[C@@H]3c3cccc(F)c3)CC2)n1. The Labute approximate surface area is 222 Å². The van der Waals surface area contributed by atoms with E-state index in [9.17, 15) is 23.1 Å². The topological polar surface area (TPSA) is 61.6 Å². The molecule has 5 rings (SSSR count). The number of likely N-dealkylation sites (tertiary alicyclic amines) is 2. The van der Waals surface area contributed by atoms with Crippen LogP contribution in [0.5, 0.6) is 0 Å². The summed E-state index contributed by atoms with van der Waals surface area (Å²) in [4.78, 5) is 16.6. The van der Waals surface area contributed by atoms with E-state index >= 15 is 0 Å². The monoisotopic (exact) mass is 532 g/mol. The Hall–Kier alpha value is -2.39. The summed E-state index contributed by atoms with van der Waals surface area (Å²) < 4.78 is 44.7. The molecule has 3 fully saturated rings. The second-order valence-corrected chi connectivity index (χ2v) is 11.8. The standard InChI is InChI=1S/C29H39F3N4O2/c1-34-12-10-27(33-34)29(31,32)11-7-20-8-13-35(14-9-20)17-23-18-36(26(28(37)38)15-21-5-6-21)19-25(23)22-3-2-4-24(30)16-22/h2-4,10,12,16,20-21,23,25-26H,5-9,11,13-15,17-19H2,1H3,(H,37,38)/t23-,25+,26+/m0/s1. The number of benzene rings is 1. The molecule has 2 aliphatic heterocycles. The van der Waals surface area contributed by atoms with Gasteiger partial charge in [-0.05, 0) is 80.3 Å². The van der Waals surface area contributed by atoms with E-state index in [0.29, 0.717) is 31.8 Å². The average molecular weight is 533 g/mol. The van der Waals surface area contributed by atoms with Gasteiger partial charge in [-0.2, -0.15) is 13.9 Å². The fourth-order valence-electron chi connectivity index (χ4n) is 6.45. The van der Waals surface area contributed by atoms with E-state index in [4.69, 9.17) is 0 Å². The first-order valence-electron chi connectivity index (χ1n) is 14.0. The van der Waals surface area contributed by atoms with Crippen LogP contribution in [0.25, 0.3) is 0 Å². The molecular weight excluding hydrogens is 493 g/mol. The Kier molecular flexibility index (Phi) is 8.14. The molecule has 0 amide bonds. The maximum absolute atomic E-state index is 14.6. The van der Waals surface area contributed by atoms with Gasteiger partial charge in [0.2, 0.25) is 0 Å². The number of carbonyl (C=O) groups is 1. The van der Waals surface area contributed by atoms with E-state index in [-0.39, 0.29) is 35.7 Å². The zero-order chi connectivity index (χ0) is 26.9. The number of hydrogen-bond acceptors (Lipinski definition) is 4. The highest BCUT2D eigenvalue weighted by Crippen LogP contribution is 2.40. The number of aryl methyl sites for hydroxylation is 1. The van der Waals surface area contributed by atoms with Gasteiger partial charge in [0.1, 0.15) is 17.6 Å². The first-order chi connectivity index (χ1) is 18.2. The summed E-state index contributed by atoms with van der Waals surface area (Å²) in [5.74, 6) is -2.91. The average Bonchev–Trinajstić information content (AvgIpc) is 3.44. The summed E-state index contributed by atoms with van der Waals surface area (Å²) in [5.41, 5.74) is 0.771. The number of aromatic nitrogens is 2. The quantitative estimate of drug-likeness (QED) is 0.436. The summed E-state index contributed by atoms with van der Waals surface area (Å²) in [6, 6.07) is 7.62. The first kappa shape index (κ1) is 27.2. The lowest BCUT2D eigenvalue weighted by atomic mass is 9.86. The Balaban J connectivity index is 1.18. The molecule has 1 saturated carbocycles. The van der Waals surface area contributed by atoms with Crippen molar-refractivity contribution in [1.82, 2.24) is 19.6 Å². The summed E-state index contributed by atoms with van der Waals surface area (Å²) in [6.07, 6.45) is 6.49.